The fourth-order valence-corrected chi connectivity index (χ4v) is 4.32. The molecule has 28 heavy (non-hydrogen) atoms. The molecule has 1 aromatic carbocycles. The van der Waals surface area contributed by atoms with Gasteiger partial charge in [0.1, 0.15) is 5.01 Å². The summed E-state index contributed by atoms with van der Waals surface area (Å²) in [4.78, 5) is 30.2. The van der Waals surface area contributed by atoms with Gasteiger partial charge in [0, 0.05) is 16.8 Å². The highest BCUT2D eigenvalue weighted by atomic mass is 35.5. The lowest BCUT2D eigenvalue weighted by molar-refractivity contribution is -0.136. The van der Waals surface area contributed by atoms with Gasteiger partial charge in [-0.25, -0.2) is 4.98 Å². The molecular weight excluding hydrogens is 400 g/mol. The summed E-state index contributed by atoms with van der Waals surface area (Å²) in [5.74, 6) is -1.48. The molecule has 0 bridgehead atoms. The van der Waals surface area contributed by atoms with Gasteiger partial charge in [-0.15, -0.1) is 11.3 Å². The summed E-state index contributed by atoms with van der Waals surface area (Å²) in [5.41, 5.74) is 1.23. The van der Waals surface area contributed by atoms with Gasteiger partial charge in [0.05, 0.1) is 23.2 Å². The Hall–Kier alpha value is -2.00. The summed E-state index contributed by atoms with van der Waals surface area (Å²) < 4.78 is 0. The average molecular weight is 423 g/mol. The van der Waals surface area contributed by atoms with Crippen LogP contribution in [-0.2, 0) is 16.2 Å². The maximum absolute atomic E-state index is 12.6. The van der Waals surface area contributed by atoms with E-state index in [0.29, 0.717) is 15.7 Å². The van der Waals surface area contributed by atoms with Gasteiger partial charge >= 0.3 is 11.8 Å². The number of anilines is 1. The number of aliphatic hydroxyl groups is 1. The monoisotopic (exact) mass is 422 g/mol. The summed E-state index contributed by atoms with van der Waals surface area (Å²) in [7, 11) is 0. The Morgan fingerprint density at radius 2 is 2.07 bits per heavy atom. The highest BCUT2D eigenvalue weighted by Gasteiger charge is 2.31. The smallest absolute Gasteiger partial charge is 0.313 e. The molecule has 4 N–H and O–H groups in total. The Kier molecular flexibility index (Phi) is 7.01. The van der Waals surface area contributed by atoms with Crippen LogP contribution in [0, 0.1) is 6.92 Å². The van der Waals surface area contributed by atoms with Crippen LogP contribution in [-0.4, -0.2) is 34.5 Å². The van der Waals surface area contributed by atoms with Crippen molar-refractivity contribution in [3.63, 3.8) is 0 Å². The van der Waals surface area contributed by atoms with Crippen LogP contribution in [0.3, 0.4) is 0 Å². The van der Waals surface area contributed by atoms with Crippen LogP contribution >= 0.6 is 22.9 Å². The van der Waals surface area contributed by atoms with Crippen LogP contribution < -0.4 is 16.0 Å². The zero-order valence-corrected chi connectivity index (χ0v) is 17.1. The van der Waals surface area contributed by atoms with Gasteiger partial charge < -0.3 is 21.1 Å². The summed E-state index contributed by atoms with van der Waals surface area (Å²) >= 11 is 7.20. The summed E-state index contributed by atoms with van der Waals surface area (Å²) in [6.45, 7) is 2.58. The molecule has 0 aliphatic carbocycles. The zero-order chi connectivity index (χ0) is 20.1. The van der Waals surface area contributed by atoms with Crippen molar-refractivity contribution in [2.45, 2.75) is 44.9 Å². The molecular formula is C19H23ClN4O3S. The van der Waals surface area contributed by atoms with E-state index in [-0.39, 0.29) is 12.6 Å². The Labute approximate surface area is 172 Å². The fourth-order valence-electron chi connectivity index (χ4n) is 3.16. The van der Waals surface area contributed by atoms with Gasteiger partial charge in [0.2, 0.25) is 0 Å². The number of carbonyl (C=O) groups is 2. The number of piperidine rings is 1. The first-order valence-electron chi connectivity index (χ1n) is 9.16. The van der Waals surface area contributed by atoms with Crippen LogP contribution in [0.4, 0.5) is 5.69 Å². The SMILES string of the molecule is Cc1nc(C(NC(=O)C(=O)Nc2ccc(Cl)cc2)C2CCCCN2)sc1CO. The van der Waals surface area contributed by atoms with Gasteiger partial charge in [-0.2, -0.15) is 0 Å². The third kappa shape index (κ3) is 5.08. The molecule has 0 radical (unpaired) electrons. The Bertz CT molecular complexity index is 834. The molecule has 1 aromatic heterocycles. The van der Waals surface area contributed by atoms with Gasteiger partial charge in [-0.05, 0) is 50.6 Å². The molecule has 9 heteroatoms. The van der Waals surface area contributed by atoms with E-state index in [1.54, 1.807) is 24.3 Å². The Morgan fingerprint density at radius 3 is 2.68 bits per heavy atom. The van der Waals surface area contributed by atoms with E-state index in [9.17, 15) is 14.7 Å². The van der Waals surface area contributed by atoms with Crippen LogP contribution in [0.2, 0.25) is 5.02 Å². The number of rotatable bonds is 5. The number of hydrogen-bond acceptors (Lipinski definition) is 6. The van der Waals surface area contributed by atoms with Crippen molar-refractivity contribution in [2.24, 2.45) is 0 Å². The largest absolute Gasteiger partial charge is 0.391 e. The first-order valence-corrected chi connectivity index (χ1v) is 10.3. The van der Waals surface area contributed by atoms with Gasteiger partial charge in [0.15, 0.2) is 0 Å². The lowest BCUT2D eigenvalue weighted by atomic mass is 9.98. The topological polar surface area (TPSA) is 103 Å². The second-order valence-electron chi connectivity index (χ2n) is 6.69. The first kappa shape index (κ1) is 20.7. The highest BCUT2D eigenvalue weighted by Crippen LogP contribution is 2.29. The first-order chi connectivity index (χ1) is 13.5. The minimum absolute atomic E-state index is 0.0156. The van der Waals surface area contributed by atoms with Crippen LogP contribution in [0.1, 0.15) is 40.9 Å². The number of nitrogens with zero attached hydrogens (tertiary/aromatic N) is 1. The van der Waals surface area contributed by atoms with Crippen LogP contribution in [0.5, 0.6) is 0 Å². The minimum atomic E-state index is -0.751. The molecule has 150 valence electrons. The number of benzene rings is 1. The normalized spacial score (nSPS) is 17.8. The number of nitrogens with one attached hydrogen (secondary N) is 3. The molecule has 0 saturated carbocycles. The number of thiazole rings is 1. The molecule has 2 heterocycles. The summed E-state index contributed by atoms with van der Waals surface area (Å²) in [6.07, 6.45) is 2.99. The molecule has 1 aliphatic heterocycles. The van der Waals surface area contributed by atoms with Gasteiger partial charge in [0.25, 0.3) is 0 Å². The highest BCUT2D eigenvalue weighted by molar-refractivity contribution is 7.11. The molecule has 1 saturated heterocycles. The van der Waals surface area contributed by atoms with Crippen molar-refractivity contribution < 1.29 is 14.7 Å². The third-order valence-electron chi connectivity index (χ3n) is 4.66. The number of hydrogen-bond donors (Lipinski definition) is 4. The van der Waals surface area contributed by atoms with E-state index < -0.39 is 17.9 Å². The van der Waals surface area contributed by atoms with Gasteiger partial charge in [-0.3, -0.25) is 9.59 Å². The maximum atomic E-state index is 12.6. The van der Waals surface area contributed by atoms with E-state index in [4.69, 9.17) is 11.6 Å². The average Bonchev–Trinajstić information content (AvgIpc) is 3.08. The summed E-state index contributed by atoms with van der Waals surface area (Å²) in [5, 5.41) is 19.5. The zero-order valence-electron chi connectivity index (χ0n) is 15.5. The lowest BCUT2D eigenvalue weighted by Gasteiger charge is -2.30. The van der Waals surface area contributed by atoms with Crippen molar-refractivity contribution >= 4 is 40.4 Å². The molecule has 2 aromatic rings. The molecule has 2 amide bonds. The van der Waals surface area contributed by atoms with E-state index in [1.165, 1.54) is 11.3 Å². The molecule has 3 rings (SSSR count). The van der Waals surface area contributed by atoms with Crippen LogP contribution in [0.25, 0.3) is 0 Å². The number of carbonyl (C=O) groups excluding carboxylic acids is 2. The van der Waals surface area contributed by atoms with Crippen molar-refractivity contribution in [3.05, 3.63) is 44.9 Å². The fraction of sp³-hybridized carbons (Fsp3) is 0.421. The maximum Gasteiger partial charge on any atom is 0.313 e. The van der Waals surface area contributed by atoms with Crippen LogP contribution in [0.15, 0.2) is 24.3 Å². The number of aryl methyl sites for hydroxylation is 1. The number of aliphatic hydroxyl groups excluding tert-OH is 1. The lowest BCUT2D eigenvalue weighted by Crippen LogP contribution is -2.48. The van der Waals surface area contributed by atoms with E-state index in [0.717, 1.165) is 36.4 Å². The predicted molar refractivity (Wildman–Crippen MR) is 109 cm³/mol. The second kappa shape index (κ2) is 9.47. The molecule has 0 spiro atoms. The number of halogens is 1. The second-order valence-corrected chi connectivity index (χ2v) is 8.24. The van der Waals surface area contributed by atoms with Crippen molar-refractivity contribution in [1.82, 2.24) is 15.6 Å². The Morgan fingerprint density at radius 1 is 1.32 bits per heavy atom. The predicted octanol–water partition coefficient (Wildman–Crippen LogP) is 2.54. The van der Waals surface area contributed by atoms with Crippen molar-refractivity contribution in [2.75, 3.05) is 11.9 Å². The minimum Gasteiger partial charge on any atom is -0.391 e. The standard InChI is InChI=1S/C19H23ClN4O3S/c1-11-15(10-25)28-19(22-11)16(14-4-2-3-9-21-14)24-18(27)17(26)23-13-7-5-12(20)6-8-13/h5-8,14,16,21,25H,2-4,9-10H2,1H3,(H,23,26)(H,24,27). The molecule has 2 atom stereocenters. The molecule has 2 unspecified atom stereocenters. The third-order valence-corrected chi connectivity index (χ3v) is 6.14. The van der Waals surface area contributed by atoms with Gasteiger partial charge in [-0.1, -0.05) is 18.0 Å². The molecule has 1 aliphatic rings. The summed E-state index contributed by atoms with van der Waals surface area (Å²) in [6, 6.07) is 6.08. The van der Waals surface area contributed by atoms with Crippen molar-refractivity contribution in [3.8, 4) is 0 Å². The van der Waals surface area contributed by atoms with Crippen molar-refractivity contribution in [1.29, 1.82) is 0 Å². The number of aromatic nitrogens is 1. The molecule has 1 fully saturated rings. The van der Waals surface area contributed by atoms with E-state index in [1.807, 2.05) is 6.92 Å². The Balaban J connectivity index is 1.74. The molecule has 7 nitrogen and oxygen atoms in total. The number of amides is 2. The quantitative estimate of drug-likeness (QED) is 0.554. The van der Waals surface area contributed by atoms with E-state index in [2.05, 4.69) is 20.9 Å². The van der Waals surface area contributed by atoms with E-state index >= 15 is 0 Å².